The van der Waals surface area contributed by atoms with E-state index < -0.39 is 0 Å². The fourth-order valence-electron chi connectivity index (χ4n) is 1.43. The first-order valence-electron chi connectivity index (χ1n) is 3.98. The number of hydrogen-bond donors (Lipinski definition) is 1. The third kappa shape index (κ3) is 1.58. The lowest BCUT2D eigenvalue weighted by molar-refractivity contribution is 0.476. The van der Waals surface area contributed by atoms with Gasteiger partial charge in [0.1, 0.15) is 5.75 Å². The molecule has 1 aromatic heterocycles. The molecule has 68 valence electrons. The van der Waals surface area contributed by atoms with Gasteiger partial charge in [-0.15, -0.1) is 11.3 Å². The van der Waals surface area contributed by atoms with E-state index in [1.54, 1.807) is 11.3 Å². The summed E-state index contributed by atoms with van der Waals surface area (Å²) >= 11 is 5.13. The normalized spacial score (nSPS) is 10.9. The molecular weight excluding hydrogens is 248 g/mol. The number of phenols is 1. The number of rotatable bonds is 1. The fourth-order valence-corrected chi connectivity index (χ4v) is 2.90. The highest BCUT2D eigenvalue weighted by molar-refractivity contribution is 9.08. The second kappa shape index (κ2) is 3.31. The molecule has 0 atom stereocenters. The number of aromatic hydroxyl groups is 1. The van der Waals surface area contributed by atoms with Crippen LogP contribution in [-0.2, 0) is 5.33 Å². The summed E-state index contributed by atoms with van der Waals surface area (Å²) in [6, 6.07) is 5.79. The van der Waals surface area contributed by atoms with Crippen LogP contribution in [0.2, 0.25) is 0 Å². The SMILES string of the molecule is Cc1cc2c(CBr)cc(O)cc2s1. The number of phenolic OH excluding ortho intramolecular Hbond substituents is 1. The predicted octanol–water partition coefficient (Wildman–Crippen LogP) is 3.81. The Balaban J connectivity index is 2.80. The first-order valence-corrected chi connectivity index (χ1v) is 5.92. The van der Waals surface area contributed by atoms with Crippen molar-refractivity contribution >= 4 is 37.4 Å². The van der Waals surface area contributed by atoms with Crippen LogP contribution in [0, 0.1) is 6.92 Å². The number of hydrogen-bond acceptors (Lipinski definition) is 2. The Morgan fingerprint density at radius 2 is 2.15 bits per heavy atom. The van der Waals surface area contributed by atoms with E-state index in [0.29, 0.717) is 5.75 Å². The van der Waals surface area contributed by atoms with Crippen molar-refractivity contribution in [2.75, 3.05) is 0 Å². The van der Waals surface area contributed by atoms with Gasteiger partial charge in [-0.2, -0.15) is 0 Å². The van der Waals surface area contributed by atoms with Crippen molar-refractivity contribution in [1.29, 1.82) is 0 Å². The van der Waals surface area contributed by atoms with Crippen molar-refractivity contribution in [3.8, 4) is 5.75 Å². The number of halogens is 1. The zero-order valence-electron chi connectivity index (χ0n) is 7.17. The lowest BCUT2D eigenvalue weighted by Gasteiger charge is -1.99. The second-order valence-corrected chi connectivity index (χ2v) is 4.86. The summed E-state index contributed by atoms with van der Waals surface area (Å²) in [6.07, 6.45) is 0. The van der Waals surface area contributed by atoms with Crippen LogP contribution in [-0.4, -0.2) is 5.11 Å². The van der Waals surface area contributed by atoms with Crippen molar-refractivity contribution in [1.82, 2.24) is 0 Å². The molecule has 0 aliphatic rings. The zero-order valence-corrected chi connectivity index (χ0v) is 9.58. The molecule has 0 aliphatic heterocycles. The molecule has 3 heteroatoms. The lowest BCUT2D eigenvalue weighted by Crippen LogP contribution is -1.77. The summed E-state index contributed by atoms with van der Waals surface area (Å²) in [5.74, 6) is 0.351. The average Bonchev–Trinajstić information content (AvgIpc) is 2.43. The van der Waals surface area contributed by atoms with Crippen LogP contribution in [0.1, 0.15) is 10.4 Å². The quantitative estimate of drug-likeness (QED) is 0.770. The molecule has 0 saturated carbocycles. The minimum atomic E-state index is 0.351. The Labute approximate surface area is 89.1 Å². The van der Waals surface area contributed by atoms with Gasteiger partial charge in [0.05, 0.1) is 0 Å². The van der Waals surface area contributed by atoms with Gasteiger partial charge in [-0.05, 0) is 36.1 Å². The summed E-state index contributed by atoms with van der Waals surface area (Å²) in [4.78, 5) is 1.28. The minimum Gasteiger partial charge on any atom is -0.508 e. The molecule has 1 aromatic carbocycles. The van der Waals surface area contributed by atoms with E-state index in [0.717, 1.165) is 15.6 Å². The van der Waals surface area contributed by atoms with Crippen LogP contribution in [0.4, 0.5) is 0 Å². The smallest absolute Gasteiger partial charge is 0.117 e. The molecule has 0 radical (unpaired) electrons. The van der Waals surface area contributed by atoms with Crippen LogP contribution in [0.5, 0.6) is 5.75 Å². The maximum absolute atomic E-state index is 9.44. The van der Waals surface area contributed by atoms with Crippen LogP contribution >= 0.6 is 27.3 Å². The van der Waals surface area contributed by atoms with Gasteiger partial charge in [0.2, 0.25) is 0 Å². The van der Waals surface area contributed by atoms with Gasteiger partial charge in [0.15, 0.2) is 0 Å². The summed E-state index contributed by atoms with van der Waals surface area (Å²) in [5.41, 5.74) is 1.15. The van der Waals surface area contributed by atoms with E-state index in [-0.39, 0.29) is 0 Å². The Morgan fingerprint density at radius 1 is 1.38 bits per heavy atom. The molecule has 0 fully saturated rings. The molecule has 13 heavy (non-hydrogen) atoms. The van der Waals surface area contributed by atoms with E-state index in [2.05, 4.69) is 28.9 Å². The van der Waals surface area contributed by atoms with Gasteiger partial charge in [-0.25, -0.2) is 0 Å². The molecule has 1 nitrogen and oxygen atoms in total. The molecule has 2 rings (SSSR count). The van der Waals surface area contributed by atoms with Crippen LogP contribution in [0.15, 0.2) is 18.2 Å². The van der Waals surface area contributed by atoms with E-state index in [9.17, 15) is 5.11 Å². The van der Waals surface area contributed by atoms with Crippen molar-refractivity contribution < 1.29 is 5.11 Å². The van der Waals surface area contributed by atoms with Gasteiger partial charge in [-0.3, -0.25) is 0 Å². The van der Waals surface area contributed by atoms with Crippen LogP contribution in [0.3, 0.4) is 0 Å². The number of thiophene rings is 1. The predicted molar refractivity (Wildman–Crippen MR) is 60.9 cm³/mol. The van der Waals surface area contributed by atoms with Gasteiger partial charge in [0, 0.05) is 14.9 Å². The third-order valence-electron chi connectivity index (χ3n) is 1.98. The summed E-state index contributed by atoms with van der Waals surface area (Å²) < 4.78 is 1.16. The van der Waals surface area contributed by atoms with Gasteiger partial charge in [0.25, 0.3) is 0 Å². The first-order chi connectivity index (χ1) is 6.20. The fraction of sp³-hybridized carbons (Fsp3) is 0.200. The molecular formula is C10H9BrOS. The van der Waals surface area contributed by atoms with Crippen molar-refractivity contribution in [3.63, 3.8) is 0 Å². The Hall–Kier alpha value is -0.540. The topological polar surface area (TPSA) is 20.2 Å². The molecule has 0 saturated heterocycles. The van der Waals surface area contributed by atoms with Crippen LogP contribution in [0.25, 0.3) is 10.1 Å². The summed E-state index contributed by atoms with van der Waals surface area (Å²) in [7, 11) is 0. The molecule has 0 bridgehead atoms. The van der Waals surface area contributed by atoms with Gasteiger partial charge >= 0.3 is 0 Å². The van der Waals surface area contributed by atoms with E-state index in [4.69, 9.17) is 0 Å². The Morgan fingerprint density at radius 3 is 2.85 bits per heavy atom. The van der Waals surface area contributed by atoms with Crippen molar-refractivity contribution in [2.45, 2.75) is 12.3 Å². The Kier molecular flexibility index (Phi) is 2.30. The number of alkyl halides is 1. The lowest BCUT2D eigenvalue weighted by atomic mass is 10.1. The second-order valence-electron chi connectivity index (χ2n) is 3.01. The van der Waals surface area contributed by atoms with Gasteiger partial charge < -0.3 is 5.11 Å². The summed E-state index contributed by atoms with van der Waals surface area (Å²) in [5, 5.41) is 11.5. The maximum atomic E-state index is 9.44. The van der Waals surface area contributed by atoms with E-state index >= 15 is 0 Å². The number of benzene rings is 1. The third-order valence-corrected chi connectivity index (χ3v) is 3.58. The monoisotopic (exact) mass is 256 g/mol. The highest BCUT2D eigenvalue weighted by atomic mass is 79.9. The molecule has 1 heterocycles. The van der Waals surface area contributed by atoms with Crippen molar-refractivity contribution in [2.24, 2.45) is 0 Å². The highest BCUT2D eigenvalue weighted by Crippen LogP contribution is 2.32. The van der Waals surface area contributed by atoms with E-state index in [1.165, 1.54) is 10.3 Å². The minimum absolute atomic E-state index is 0.351. The molecule has 0 unspecified atom stereocenters. The average molecular weight is 257 g/mol. The molecule has 1 N–H and O–H groups in total. The largest absolute Gasteiger partial charge is 0.508 e. The van der Waals surface area contributed by atoms with Crippen molar-refractivity contribution in [3.05, 3.63) is 28.6 Å². The highest BCUT2D eigenvalue weighted by Gasteiger charge is 2.05. The number of fused-ring (bicyclic) bond motifs is 1. The maximum Gasteiger partial charge on any atom is 0.117 e. The molecule has 2 aromatic rings. The van der Waals surface area contributed by atoms with Gasteiger partial charge in [-0.1, -0.05) is 15.9 Å². The standard InChI is InChI=1S/C10H9BrOS/c1-6-2-9-7(5-11)3-8(12)4-10(9)13-6/h2-4,12H,5H2,1H3. The Bertz CT molecular complexity index is 447. The molecule has 0 spiro atoms. The molecule has 0 aliphatic carbocycles. The summed E-state index contributed by atoms with van der Waals surface area (Å²) in [6.45, 7) is 2.08. The first kappa shape index (κ1) is 9.03. The van der Waals surface area contributed by atoms with Crippen LogP contribution < -0.4 is 0 Å². The van der Waals surface area contributed by atoms with E-state index in [1.807, 2.05) is 12.1 Å². The molecule has 0 amide bonds. The zero-order chi connectivity index (χ0) is 9.42. The number of aryl methyl sites for hydroxylation is 1.